The molecule has 0 amide bonds. The molecule has 5 rings (SSSR count). The second-order valence-electron chi connectivity index (χ2n) is 6.45. The van der Waals surface area contributed by atoms with Crippen LogP contribution in [-0.4, -0.2) is 36.1 Å². The fourth-order valence-electron chi connectivity index (χ4n) is 3.44. The Balaban J connectivity index is 1.47. The summed E-state index contributed by atoms with van der Waals surface area (Å²) in [7, 11) is 0. The van der Waals surface area contributed by atoms with E-state index in [4.69, 9.17) is 4.74 Å². The lowest BCUT2D eigenvalue weighted by atomic mass is 9.85. The molecule has 1 aromatic carbocycles. The lowest BCUT2D eigenvalue weighted by Gasteiger charge is -2.32. The first-order valence-corrected chi connectivity index (χ1v) is 8.50. The van der Waals surface area contributed by atoms with E-state index in [0.29, 0.717) is 31.0 Å². The first kappa shape index (κ1) is 15.1. The summed E-state index contributed by atoms with van der Waals surface area (Å²) in [6.45, 7) is 0.926. The zero-order valence-corrected chi connectivity index (χ0v) is 14.0. The molecule has 0 bridgehead atoms. The van der Waals surface area contributed by atoms with Crippen molar-refractivity contribution in [2.45, 2.75) is 18.6 Å². The van der Waals surface area contributed by atoms with Crippen LogP contribution in [0.15, 0.2) is 61.1 Å². The average Bonchev–Trinajstić information content (AvgIpc) is 3.29. The topological polar surface area (TPSA) is 77.5 Å². The van der Waals surface area contributed by atoms with E-state index in [2.05, 4.69) is 15.3 Å². The Labute approximate surface area is 149 Å². The molecule has 4 heterocycles. The van der Waals surface area contributed by atoms with Crippen molar-refractivity contribution in [2.75, 3.05) is 6.61 Å². The maximum absolute atomic E-state index is 11.3. The van der Waals surface area contributed by atoms with Gasteiger partial charge in [0.25, 0.3) is 0 Å². The lowest BCUT2D eigenvalue weighted by Crippen LogP contribution is -2.34. The zero-order chi connectivity index (χ0) is 17.6. The summed E-state index contributed by atoms with van der Waals surface area (Å²) in [5.74, 6) is 0.691. The molecule has 26 heavy (non-hydrogen) atoms. The van der Waals surface area contributed by atoms with E-state index < -0.39 is 5.60 Å². The predicted octanol–water partition coefficient (Wildman–Crippen LogP) is 1.99. The molecule has 0 fully saturated rings. The molecule has 0 radical (unpaired) electrons. The van der Waals surface area contributed by atoms with E-state index in [-0.39, 0.29) is 0 Å². The molecular weight excluding hydrogens is 330 g/mol. The summed E-state index contributed by atoms with van der Waals surface area (Å²) in [5, 5.41) is 19.7. The van der Waals surface area contributed by atoms with E-state index >= 15 is 0 Å². The van der Waals surface area contributed by atoms with Crippen molar-refractivity contribution in [2.24, 2.45) is 0 Å². The number of rotatable bonds is 3. The van der Waals surface area contributed by atoms with Crippen molar-refractivity contribution in [3.8, 4) is 5.75 Å². The highest BCUT2D eigenvalue weighted by Crippen LogP contribution is 2.40. The summed E-state index contributed by atoms with van der Waals surface area (Å²) in [5.41, 5.74) is 1.83. The van der Waals surface area contributed by atoms with E-state index in [1.54, 1.807) is 10.9 Å². The monoisotopic (exact) mass is 347 g/mol. The number of para-hydroxylation sites is 1. The van der Waals surface area contributed by atoms with Crippen molar-refractivity contribution in [1.29, 1.82) is 0 Å². The van der Waals surface area contributed by atoms with Crippen molar-refractivity contribution >= 4 is 5.65 Å². The van der Waals surface area contributed by atoms with Crippen LogP contribution in [0.4, 0.5) is 0 Å². The summed E-state index contributed by atoms with van der Waals surface area (Å²) in [4.78, 5) is 4.57. The molecule has 1 atom stereocenters. The van der Waals surface area contributed by atoms with Gasteiger partial charge in [-0.25, -0.2) is 9.67 Å². The van der Waals surface area contributed by atoms with Crippen LogP contribution in [0.3, 0.4) is 0 Å². The Bertz CT molecular complexity index is 1050. The highest BCUT2D eigenvalue weighted by Gasteiger charge is 2.39. The van der Waals surface area contributed by atoms with Crippen LogP contribution in [0, 0.1) is 0 Å². The highest BCUT2D eigenvalue weighted by molar-refractivity contribution is 5.44. The van der Waals surface area contributed by atoms with Gasteiger partial charge in [-0.05, 0) is 18.2 Å². The van der Waals surface area contributed by atoms with E-state index in [0.717, 1.165) is 16.9 Å². The standard InChI is InChI=1S/C19H17N5O2/c25-19(8-10-26-16-6-2-1-5-15(16)19)17-13-24(22-21-17)12-14-11-23-9-4-3-7-18(23)20-14/h1-7,9,11,13,25H,8,10,12H2. The van der Waals surface area contributed by atoms with Crippen molar-refractivity contribution < 1.29 is 9.84 Å². The minimum absolute atomic E-state index is 0.437. The first-order valence-electron chi connectivity index (χ1n) is 8.50. The molecule has 1 N–H and O–H groups in total. The Hall–Kier alpha value is -3.19. The zero-order valence-electron chi connectivity index (χ0n) is 14.0. The van der Waals surface area contributed by atoms with Gasteiger partial charge in [-0.2, -0.15) is 0 Å². The van der Waals surface area contributed by atoms with Gasteiger partial charge in [0.05, 0.1) is 25.0 Å². The number of aromatic nitrogens is 5. The summed E-state index contributed by atoms with van der Waals surface area (Å²) < 4.78 is 9.32. The van der Waals surface area contributed by atoms with Gasteiger partial charge in [-0.3, -0.25) is 0 Å². The third kappa shape index (κ3) is 2.36. The second kappa shape index (κ2) is 5.67. The number of benzene rings is 1. The maximum Gasteiger partial charge on any atom is 0.142 e. The molecule has 0 saturated carbocycles. The Kier molecular flexibility index (Phi) is 3.29. The molecule has 7 heteroatoms. The Morgan fingerprint density at radius 1 is 1.12 bits per heavy atom. The first-order chi connectivity index (χ1) is 12.7. The Morgan fingerprint density at radius 3 is 2.92 bits per heavy atom. The molecule has 1 aliphatic heterocycles. The van der Waals surface area contributed by atoms with Gasteiger partial charge in [0.2, 0.25) is 0 Å². The van der Waals surface area contributed by atoms with Gasteiger partial charge in [0.15, 0.2) is 0 Å². The summed E-state index contributed by atoms with van der Waals surface area (Å²) in [6, 6.07) is 13.4. The molecule has 0 aliphatic carbocycles. The fourth-order valence-corrected chi connectivity index (χ4v) is 3.44. The smallest absolute Gasteiger partial charge is 0.142 e. The number of hydrogen-bond acceptors (Lipinski definition) is 5. The SMILES string of the molecule is OC1(c2cn(Cc3cn4ccccc4n3)nn2)CCOc2ccccc21. The van der Waals surface area contributed by atoms with Crippen LogP contribution in [0.5, 0.6) is 5.75 Å². The highest BCUT2D eigenvalue weighted by atomic mass is 16.5. The molecule has 7 nitrogen and oxygen atoms in total. The summed E-state index contributed by atoms with van der Waals surface area (Å²) in [6.07, 6.45) is 6.15. The minimum Gasteiger partial charge on any atom is -0.493 e. The number of pyridine rings is 1. The van der Waals surface area contributed by atoms with Crippen LogP contribution in [-0.2, 0) is 12.1 Å². The van der Waals surface area contributed by atoms with E-state index in [9.17, 15) is 5.11 Å². The van der Waals surface area contributed by atoms with Crippen LogP contribution < -0.4 is 4.74 Å². The maximum atomic E-state index is 11.3. The molecule has 130 valence electrons. The number of nitrogens with zero attached hydrogens (tertiary/aromatic N) is 5. The van der Waals surface area contributed by atoms with Crippen LogP contribution >= 0.6 is 0 Å². The van der Waals surface area contributed by atoms with Gasteiger partial charge in [-0.15, -0.1) is 5.10 Å². The van der Waals surface area contributed by atoms with Crippen molar-refractivity contribution in [3.05, 3.63) is 78.0 Å². The van der Waals surface area contributed by atoms with Crippen LogP contribution in [0.1, 0.15) is 23.4 Å². The fraction of sp³-hybridized carbons (Fsp3) is 0.211. The normalized spacial score (nSPS) is 19.3. The lowest BCUT2D eigenvalue weighted by molar-refractivity contribution is 0.0310. The molecule has 1 aliphatic rings. The molecule has 0 saturated heterocycles. The largest absolute Gasteiger partial charge is 0.493 e. The third-order valence-corrected chi connectivity index (χ3v) is 4.75. The second-order valence-corrected chi connectivity index (χ2v) is 6.45. The molecule has 4 aromatic rings. The average molecular weight is 347 g/mol. The van der Waals surface area contributed by atoms with Gasteiger partial charge in [-0.1, -0.05) is 29.5 Å². The molecular formula is C19H17N5O2. The molecule has 3 aromatic heterocycles. The number of hydrogen-bond donors (Lipinski definition) is 1. The number of ether oxygens (including phenoxy) is 1. The van der Waals surface area contributed by atoms with Gasteiger partial charge < -0.3 is 14.2 Å². The van der Waals surface area contributed by atoms with Gasteiger partial charge in [0.1, 0.15) is 22.7 Å². The Morgan fingerprint density at radius 2 is 2.00 bits per heavy atom. The van der Waals surface area contributed by atoms with Crippen molar-refractivity contribution in [3.63, 3.8) is 0 Å². The number of imidazole rings is 1. The number of aliphatic hydroxyl groups is 1. The minimum atomic E-state index is -1.19. The molecule has 0 spiro atoms. The predicted molar refractivity (Wildman–Crippen MR) is 93.9 cm³/mol. The van der Waals surface area contributed by atoms with Gasteiger partial charge in [0, 0.05) is 24.4 Å². The quantitative estimate of drug-likeness (QED) is 0.613. The van der Waals surface area contributed by atoms with E-state index in [1.807, 2.05) is 59.3 Å². The van der Waals surface area contributed by atoms with E-state index in [1.165, 1.54) is 0 Å². The van der Waals surface area contributed by atoms with Crippen molar-refractivity contribution in [1.82, 2.24) is 24.4 Å². The summed E-state index contributed by atoms with van der Waals surface area (Å²) >= 11 is 0. The van der Waals surface area contributed by atoms with Gasteiger partial charge >= 0.3 is 0 Å². The third-order valence-electron chi connectivity index (χ3n) is 4.75. The number of fused-ring (bicyclic) bond motifs is 2. The van der Waals surface area contributed by atoms with Crippen LogP contribution in [0.25, 0.3) is 5.65 Å². The van der Waals surface area contributed by atoms with Crippen LogP contribution in [0.2, 0.25) is 0 Å². The molecule has 1 unspecified atom stereocenters.